The van der Waals surface area contributed by atoms with E-state index >= 15 is 0 Å². The highest BCUT2D eigenvalue weighted by molar-refractivity contribution is 9.10. The minimum absolute atomic E-state index is 0.123. The normalized spacial score (nSPS) is 14.2. The third kappa shape index (κ3) is 2.38. The molecule has 0 aliphatic carbocycles. The molecule has 92 valence electrons. The monoisotopic (exact) mass is 299 g/mol. The Morgan fingerprint density at radius 3 is 2.53 bits per heavy atom. The van der Waals surface area contributed by atoms with Gasteiger partial charge in [0.25, 0.3) is 0 Å². The molecule has 0 radical (unpaired) electrons. The van der Waals surface area contributed by atoms with E-state index in [-0.39, 0.29) is 22.9 Å². The Labute approximate surface area is 108 Å². The van der Waals surface area contributed by atoms with E-state index in [1.807, 2.05) is 26.8 Å². The minimum Gasteiger partial charge on any atom is -0.456 e. The summed E-state index contributed by atoms with van der Waals surface area (Å²) in [7, 11) is 0. The van der Waals surface area contributed by atoms with Gasteiger partial charge in [0.1, 0.15) is 5.76 Å². The molecular weight excluding hydrogens is 285 g/mol. The summed E-state index contributed by atoms with van der Waals surface area (Å²) >= 11 is 3.26. The molecule has 0 amide bonds. The van der Waals surface area contributed by atoms with Crippen molar-refractivity contribution in [3.63, 3.8) is 0 Å². The predicted octanol–water partition coefficient (Wildman–Crippen LogP) is 4.38. The van der Waals surface area contributed by atoms with Crippen LogP contribution in [0.25, 0.3) is 11.0 Å². The average molecular weight is 300 g/mol. The molecule has 17 heavy (non-hydrogen) atoms. The second-order valence-electron chi connectivity index (χ2n) is 5.30. The maximum atomic E-state index is 13.7. The van der Waals surface area contributed by atoms with Crippen LogP contribution in [-0.2, 0) is 0 Å². The zero-order chi connectivity index (χ0) is 12.8. The molecule has 0 aliphatic heterocycles. The van der Waals surface area contributed by atoms with Crippen LogP contribution in [0.15, 0.2) is 27.1 Å². The van der Waals surface area contributed by atoms with Crippen LogP contribution in [0, 0.1) is 11.2 Å². The van der Waals surface area contributed by atoms with Crippen LogP contribution in [0.4, 0.5) is 4.39 Å². The van der Waals surface area contributed by atoms with Crippen molar-refractivity contribution in [2.75, 3.05) is 0 Å². The van der Waals surface area contributed by atoms with E-state index in [1.54, 1.807) is 6.07 Å². The van der Waals surface area contributed by atoms with Crippen LogP contribution < -0.4 is 5.73 Å². The molecule has 0 saturated carbocycles. The Kier molecular flexibility index (Phi) is 3.04. The number of furan rings is 1. The van der Waals surface area contributed by atoms with E-state index in [0.29, 0.717) is 10.2 Å². The number of benzene rings is 1. The third-order valence-electron chi connectivity index (χ3n) is 2.79. The van der Waals surface area contributed by atoms with Gasteiger partial charge in [0, 0.05) is 9.86 Å². The van der Waals surface area contributed by atoms with Gasteiger partial charge in [0.05, 0.1) is 6.04 Å². The van der Waals surface area contributed by atoms with E-state index in [2.05, 4.69) is 15.9 Å². The molecular formula is C13H15BrFNO. The fourth-order valence-electron chi connectivity index (χ4n) is 1.68. The van der Waals surface area contributed by atoms with Crippen LogP contribution >= 0.6 is 15.9 Å². The van der Waals surface area contributed by atoms with Crippen molar-refractivity contribution in [1.82, 2.24) is 0 Å². The summed E-state index contributed by atoms with van der Waals surface area (Å²) in [5.74, 6) is 0.242. The quantitative estimate of drug-likeness (QED) is 0.849. The van der Waals surface area contributed by atoms with Gasteiger partial charge in [0.2, 0.25) is 0 Å². The van der Waals surface area contributed by atoms with Crippen molar-refractivity contribution < 1.29 is 8.81 Å². The largest absolute Gasteiger partial charge is 0.456 e. The van der Waals surface area contributed by atoms with E-state index < -0.39 is 0 Å². The van der Waals surface area contributed by atoms with Gasteiger partial charge in [0.15, 0.2) is 11.4 Å². The SMILES string of the molecule is CC(C)(C)C(N)c1cc2cc(Br)cc(F)c2o1. The highest BCUT2D eigenvalue weighted by Crippen LogP contribution is 2.35. The summed E-state index contributed by atoms with van der Waals surface area (Å²) in [5.41, 5.74) is 6.24. The van der Waals surface area contributed by atoms with Crippen molar-refractivity contribution in [3.8, 4) is 0 Å². The summed E-state index contributed by atoms with van der Waals surface area (Å²) in [6.45, 7) is 6.07. The fraction of sp³-hybridized carbons (Fsp3) is 0.385. The van der Waals surface area contributed by atoms with Gasteiger partial charge in [-0.3, -0.25) is 0 Å². The summed E-state index contributed by atoms with van der Waals surface area (Å²) < 4.78 is 19.9. The molecule has 2 aromatic rings. The van der Waals surface area contributed by atoms with Crippen molar-refractivity contribution >= 4 is 26.9 Å². The maximum Gasteiger partial charge on any atom is 0.170 e. The number of fused-ring (bicyclic) bond motifs is 1. The van der Waals surface area contributed by atoms with Crippen LogP contribution in [0.1, 0.15) is 32.6 Å². The zero-order valence-corrected chi connectivity index (χ0v) is 11.6. The average Bonchev–Trinajstić information content (AvgIpc) is 2.58. The van der Waals surface area contributed by atoms with E-state index in [1.165, 1.54) is 6.07 Å². The first kappa shape index (κ1) is 12.6. The number of hydrogen-bond donors (Lipinski definition) is 1. The molecule has 0 bridgehead atoms. The van der Waals surface area contributed by atoms with Crippen molar-refractivity contribution in [1.29, 1.82) is 0 Å². The van der Waals surface area contributed by atoms with Gasteiger partial charge in [-0.2, -0.15) is 0 Å². The highest BCUT2D eigenvalue weighted by atomic mass is 79.9. The molecule has 0 spiro atoms. The van der Waals surface area contributed by atoms with E-state index in [4.69, 9.17) is 10.2 Å². The van der Waals surface area contributed by atoms with E-state index in [0.717, 1.165) is 5.39 Å². The molecule has 0 fully saturated rings. The number of nitrogens with two attached hydrogens (primary N) is 1. The van der Waals surface area contributed by atoms with Crippen LogP contribution in [0.3, 0.4) is 0 Å². The molecule has 1 aromatic heterocycles. The molecule has 2 rings (SSSR count). The molecule has 1 heterocycles. The maximum absolute atomic E-state index is 13.7. The van der Waals surface area contributed by atoms with E-state index in [9.17, 15) is 4.39 Å². The molecule has 2 nitrogen and oxygen atoms in total. The van der Waals surface area contributed by atoms with Crippen molar-refractivity contribution in [2.45, 2.75) is 26.8 Å². The van der Waals surface area contributed by atoms with Gasteiger partial charge in [-0.1, -0.05) is 36.7 Å². The van der Waals surface area contributed by atoms with Crippen molar-refractivity contribution in [3.05, 3.63) is 34.2 Å². The van der Waals surface area contributed by atoms with Gasteiger partial charge in [-0.15, -0.1) is 0 Å². The molecule has 1 aromatic carbocycles. The lowest BCUT2D eigenvalue weighted by atomic mass is 9.86. The predicted molar refractivity (Wildman–Crippen MR) is 70.3 cm³/mol. The first-order chi connectivity index (χ1) is 7.79. The summed E-state index contributed by atoms with van der Waals surface area (Å²) in [6.07, 6.45) is 0. The second-order valence-corrected chi connectivity index (χ2v) is 6.21. The Morgan fingerprint density at radius 1 is 1.29 bits per heavy atom. The lowest BCUT2D eigenvalue weighted by Crippen LogP contribution is -2.25. The standard InChI is InChI=1S/C13H15BrFNO/c1-13(2,3)12(16)10-5-7-4-8(14)6-9(15)11(7)17-10/h4-6,12H,16H2,1-3H3. The Bertz CT molecular complexity index is 556. The van der Waals surface area contributed by atoms with Gasteiger partial charge >= 0.3 is 0 Å². The second kappa shape index (κ2) is 4.10. The van der Waals surface area contributed by atoms with Gasteiger partial charge < -0.3 is 10.2 Å². The summed E-state index contributed by atoms with van der Waals surface area (Å²) in [6, 6.07) is 4.76. The van der Waals surface area contributed by atoms with Gasteiger partial charge in [-0.05, 0) is 23.6 Å². The summed E-state index contributed by atoms with van der Waals surface area (Å²) in [4.78, 5) is 0. The number of hydrogen-bond acceptors (Lipinski definition) is 2. The molecule has 1 unspecified atom stereocenters. The Balaban J connectivity index is 2.56. The number of rotatable bonds is 1. The first-order valence-electron chi connectivity index (χ1n) is 5.43. The topological polar surface area (TPSA) is 39.2 Å². The molecule has 4 heteroatoms. The van der Waals surface area contributed by atoms with Crippen LogP contribution in [-0.4, -0.2) is 0 Å². The zero-order valence-electron chi connectivity index (χ0n) is 10.1. The number of halogens is 2. The molecule has 1 atom stereocenters. The third-order valence-corrected chi connectivity index (χ3v) is 3.25. The van der Waals surface area contributed by atoms with Crippen LogP contribution in [0.2, 0.25) is 0 Å². The summed E-state index contributed by atoms with van der Waals surface area (Å²) in [5, 5.41) is 0.728. The van der Waals surface area contributed by atoms with Crippen molar-refractivity contribution in [2.24, 2.45) is 11.1 Å². The Hall–Kier alpha value is -0.870. The Morgan fingerprint density at radius 2 is 1.94 bits per heavy atom. The molecule has 0 aliphatic rings. The fourth-order valence-corrected chi connectivity index (χ4v) is 2.12. The molecule has 2 N–H and O–H groups in total. The lowest BCUT2D eigenvalue weighted by molar-refractivity contribution is 0.289. The molecule has 0 saturated heterocycles. The first-order valence-corrected chi connectivity index (χ1v) is 6.22. The van der Waals surface area contributed by atoms with Gasteiger partial charge in [-0.25, -0.2) is 4.39 Å². The van der Waals surface area contributed by atoms with Crippen LogP contribution in [0.5, 0.6) is 0 Å². The smallest absolute Gasteiger partial charge is 0.170 e. The minimum atomic E-state index is -0.373. The highest BCUT2D eigenvalue weighted by Gasteiger charge is 2.26. The lowest BCUT2D eigenvalue weighted by Gasteiger charge is -2.24.